The standard InChI is InChI=1S/C23H28Cl2N2O2S/c1-3-12-26-23(29)17(2)27(15-19-9-10-20(24)14-21(19)25)22(28)11-13-30-16-18-7-5-4-6-8-18/h4-10,14,17H,3,11-13,15-16H2,1-2H3,(H,26,29)/t17-/m0/s1. The van der Waals surface area contributed by atoms with Crippen LogP contribution in [0.5, 0.6) is 0 Å². The van der Waals surface area contributed by atoms with Crippen LogP contribution in [0.15, 0.2) is 48.5 Å². The first-order valence-electron chi connectivity index (χ1n) is 10.0. The van der Waals surface area contributed by atoms with Gasteiger partial charge in [-0.3, -0.25) is 9.59 Å². The van der Waals surface area contributed by atoms with E-state index in [9.17, 15) is 9.59 Å². The van der Waals surface area contributed by atoms with Gasteiger partial charge in [0.1, 0.15) is 6.04 Å². The summed E-state index contributed by atoms with van der Waals surface area (Å²) >= 11 is 14.0. The number of nitrogens with one attached hydrogen (secondary N) is 1. The van der Waals surface area contributed by atoms with E-state index in [0.717, 1.165) is 17.7 Å². The van der Waals surface area contributed by atoms with Crippen molar-refractivity contribution in [3.63, 3.8) is 0 Å². The molecular weight excluding hydrogens is 439 g/mol. The van der Waals surface area contributed by atoms with Crippen LogP contribution >= 0.6 is 35.0 Å². The van der Waals surface area contributed by atoms with Crippen LogP contribution in [0.2, 0.25) is 10.0 Å². The third kappa shape index (κ3) is 7.86. The maximum Gasteiger partial charge on any atom is 0.242 e. The average molecular weight is 467 g/mol. The van der Waals surface area contributed by atoms with E-state index in [-0.39, 0.29) is 18.4 Å². The summed E-state index contributed by atoms with van der Waals surface area (Å²) in [6, 6.07) is 14.8. The quantitative estimate of drug-likeness (QED) is 0.440. The summed E-state index contributed by atoms with van der Waals surface area (Å²) in [7, 11) is 0. The topological polar surface area (TPSA) is 49.4 Å². The molecule has 0 saturated carbocycles. The van der Waals surface area contributed by atoms with E-state index in [1.54, 1.807) is 41.8 Å². The predicted molar refractivity (Wildman–Crippen MR) is 127 cm³/mol. The second kappa shape index (κ2) is 12.9. The van der Waals surface area contributed by atoms with Crippen LogP contribution in [0.25, 0.3) is 0 Å². The van der Waals surface area contributed by atoms with Crippen LogP contribution in [0.3, 0.4) is 0 Å². The Bertz CT molecular complexity index is 833. The van der Waals surface area contributed by atoms with Crippen LogP contribution in [-0.2, 0) is 21.9 Å². The maximum absolute atomic E-state index is 13.0. The van der Waals surface area contributed by atoms with Crippen molar-refractivity contribution >= 4 is 46.8 Å². The fourth-order valence-corrected chi connectivity index (χ4v) is 4.24. The summed E-state index contributed by atoms with van der Waals surface area (Å²) in [5, 5.41) is 3.89. The Kier molecular flexibility index (Phi) is 10.6. The Labute approximate surface area is 193 Å². The first-order valence-corrected chi connectivity index (χ1v) is 12.0. The maximum atomic E-state index is 13.0. The van der Waals surface area contributed by atoms with E-state index in [1.807, 2.05) is 25.1 Å². The lowest BCUT2D eigenvalue weighted by Gasteiger charge is -2.29. The molecule has 2 amide bonds. The number of halogens is 2. The van der Waals surface area contributed by atoms with Crippen molar-refractivity contribution in [2.75, 3.05) is 12.3 Å². The Morgan fingerprint density at radius 2 is 1.87 bits per heavy atom. The number of carbonyl (C=O) groups is 2. The number of nitrogens with zero attached hydrogens (tertiary/aromatic N) is 1. The number of thioether (sulfide) groups is 1. The monoisotopic (exact) mass is 466 g/mol. The molecule has 2 aromatic rings. The van der Waals surface area contributed by atoms with Crippen molar-refractivity contribution in [2.45, 2.75) is 45.0 Å². The zero-order valence-corrected chi connectivity index (χ0v) is 19.7. The Morgan fingerprint density at radius 1 is 1.13 bits per heavy atom. The lowest BCUT2D eigenvalue weighted by Crippen LogP contribution is -2.47. The highest BCUT2D eigenvalue weighted by Gasteiger charge is 2.26. The minimum absolute atomic E-state index is 0.0688. The van der Waals surface area contributed by atoms with Crippen molar-refractivity contribution in [2.24, 2.45) is 0 Å². The lowest BCUT2D eigenvalue weighted by molar-refractivity contribution is -0.140. The molecule has 4 nitrogen and oxygen atoms in total. The fourth-order valence-electron chi connectivity index (χ4n) is 2.88. The summed E-state index contributed by atoms with van der Waals surface area (Å²) in [5.74, 6) is 1.30. The second-order valence-electron chi connectivity index (χ2n) is 7.01. The van der Waals surface area contributed by atoms with E-state index in [1.165, 1.54) is 5.56 Å². The molecule has 1 N–H and O–H groups in total. The van der Waals surface area contributed by atoms with E-state index in [2.05, 4.69) is 17.4 Å². The summed E-state index contributed by atoms with van der Waals surface area (Å²) in [5.41, 5.74) is 1.99. The Balaban J connectivity index is 2.03. The molecule has 7 heteroatoms. The van der Waals surface area contributed by atoms with Crippen molar-refractivity contribution in [1.82, 2.24) is 10.2 Å². The van der Waals surface area contributed by atoms with E-state index in [4.69, 9.17) is 23.2 Å². The van der Waals surface area contributed by atoms with Crippen molar-refractivity contribution in [3.8, 4) is 0 Å². The number of hydrogen-bond acceptors (Lipinski definition) is 3. The molecule has 0 fully saturated rings. The Hall–Kier alpha value is -1.69. The van der Waals surface area contributed by atoms with E-state index in [0.29, 0.717) is 28.8 Å². The predicted octanol–water partition coefficient (Wildman–Crippen LogP) is 5.56. The first-order chi connectivity index (χ1) is 14.4. The molecule has 0 aliphatic carbocycles. The number of rotatable bonds is 11. The van der Waals surface area contributed by atoms with Gasteiger partial charge in [0, 0.05) is 41.1 Å². The SMILES string of the molecule is CCCNC(=O)[C@H](C)N(Cc1ccc(Cl)cc1Cl)C(=O)CCSCc1ccccc1. The molecular formula is C23H28Cl2N2O2S. The third-order valence-corrected chi connectivity index (χ3v) is 6.26. The van der Waals surface area contributed by atoms with Crippen molar-refractivity contribution < 1.29 is 9.59 Å². The molecule has 0 aliphatic heterocycles. The molecule has 0 aromatic heterocycles. The largest absolute Gasteiger partial charge is 0.354 e. The fraction of sp³-hybridized carbons (Fsp3) is 0.391. The molecule has 0 spiro atoms. The van der Waals surface area contributed by atoms with E-state index >= 15 is 0 Å². The second-order valence-corrected chi connectivity index (χ2v) is 8.96. The highest BCUT2D eigenvalue weighted by atomic mass is 35.5. The highest BCUT2D eigenvalue weighted by molar-refractivity contribution is 7.98. The zero-order chi connectivity index (χ0) is 21.9. The molecule has 162 valence electrons. The molecule has 2 rings (SSSR count). The summed E-state index contributed by atoms with van der Waals surface area (Å²) in [4.78, 5) is 27.1. The van der Waals surface area contributed by atoms with Crippen molar-refractivity contribution in [3.05, 3.63) is 69.7 Å². The molecule has 0 unspecified atom stereocenters. The van der Waals surface area contributed by atoms with Crippen molar-refractivity contribution in [1.29, 1.82) is 0 Å². The minimum Gasteiger partial charge on any atom is -0.354 e. The summed E-state index contributed by atoms with van der Waals surface area (Å²) in [6.07, 6.45) is 1.19. The molecule has 30 heavy (non-hydrogen) atoms. The third-order valence-electron chi connectivity index (χ3n) is 4.64. The first kappa shape index (κ1) is 24.6. The number of amides is 2. The number of carbonyl (C=O) groups excluding carboxylic acids is 2. The van der Waals surface area contributed by atoms with Crippen LogP contribution in [-0.4, -0.2) is 35.1 Å². The molecule has 0 bridgehead atoms. The summed E-state index contributed by atoms with van der Waals surface area (Å²) in [6.45, 7) is 4.59. The minimum atomic E-state index is -0.588. The molecule has 0 heterocycles. The molecule has 1 atom stereocenters. The van der Waals surface area contributed by atoms with Gasteiger partial charge in [-0.1, -0.05) is 66.5 Å². The average Bonchev–Trinajstić information content (AvgIpc) is 2.74. The van der Waals surface area contributed by atoms with Crippen LogP contribution < -0.4 is 5.32 Å². The Morgan fingerprint density at radius 3 is 2.53 bits per heavy atom. The van der Waals surface area contributed by atoms with Gasteiger partial charge in [-0.15, -0.1) is 0 Å². The van der Waals surface area contributed by atoms with Gasteiger partial charge in [-0.25, -0.2) is 0 Å². The van der Waals surface area contributed by atoms with Crippen LogP contribution in [0, 0.1) is 0 Å². The van der Waals surface area contributed by atoms with Crippen LogP contribution in [0.1, 0.15) is 37.8 Å². The highest BCUT2D eigenvalue weighted by Crippen LogP contribution is 2.24. The van der Waals surface area contributed by atoms with Gasteiger partial charge in [0.25, 0.3) is 0 Å². The van der Waals surface area contributed by atoms with Gasteiger partial charge in [-0.2, -0.15) is 11.8 Å². The molecule has 0 saturated heterocycles. The van der Waals surface area contributed by atoms with Gasteiger partial charge in [0.05, 0.1) is 0 Å². The van der Waals surface area contributed by atoms with Gasteiger partial charge in [0.2, 0.25) is 11.8 Å². The molecule has 2 aromatic carbocycles. The number of benzene rings is 2. The molecule has 0 radical (unpaired) electrons. The smallest absolute Gasteiger partial charge is 0.242 e. The normalized spacial score (nSPS) is 11.7. The molecule has 0 aliphatic rings. The van der Waals surface area contributed by atoms with Crippen LogP contribution in [0.4, 0.5) is 0 Å². The van der Waals surface area contributed by atoms with Gasteiger partial charge >= 0.3 is 0 Å². The van der Waals surface area contributed by atoms with Gasteiger partial charge in [0.15, 0.2) is 0 Å². The lowest BCUT2D eigenvalue weighted by atomic mass is 10.1. The van der Waals surface area contributed by atoms with Gasteiger partial charge < -0.3 is 10.2 Å². The van der Waals surface area contributed by atoms with E-state index < -0.39 is 6.04 Å². The van der Waals surface area contributed by atoms with Gasteiger partial charge in [-0.05, 0) is 36.6 Å². The summed E-state index contributed by atoms with van der Waals surface area (Å²) < 4.78 is 0. The zero-order valence-electron chi connectivity index (χ0n) is 17.4. The number of hydrogen-bond donors (Lipinski definition) is 1.